The van der Waals surface area contributed by atoms with Crippen molar-refractivity contribution >= 4 is 33.0 Å². The van der Waals surface area contributed by atoms with Crippen molar-refractivity contribution in [2.24, 2.45) is 0 Å². The molecule has 0 radical (unpaired) electrons. The highest BCUT2D eigenvalue weighted by molar-refractivity contribution is 7.92. The van der Waals surface area contributed by atoms with Crippen molar-refractivity contribution in [2.45, 2.75) is 45.4 Å². The molecular formula is C24H33N3O3S. The average molecular weight is 444 g/mol. The van der Waals surface area contributed by atoms with Gasteiger partial charge in [-0.15, -0.1) is 0 Å². The molecule has 2 aromatic carbocycles. The molecule has 0 spiro atoms. The third-order valence-electron chi connectivity index (χ3n) is 5.67. The Kier molecular flexibility index (Phi) is 7.96. The van der Waals surface area contributed by atoms with Crippen LogP contribution in [0, 0.1) is 0 Å². The number of hydrogen-bond donors (Lipinski definition) is 1. The van der Waals surface area contributed by atoms with Gasteiger partial charge in [0.1, 0.15) is 0 Å². The molecule has 1 saturated heterocycles. The SMILES string of the molecule is CCc1ccc(N(CCCC(=O)Nc2ccc(N3CCCCC3)cc2)S(C)(=O)=O)cc1. The highest BCUT2D eigenvalue weighted by Crippen LogP contribution is 2.22. The van der Waals surface area contributed by atoms with Gasteiger partial charge < -0.3 is 10.2 Å². The lowest BCUT2D eigenvalue weighted by Crippen LogP contribution is -2.31. The van der Waals surface area contributed by atoms with E-state index in [2.05, 4.69) is 17.1 Å². The van der Waals surface area contributed by atoms with Gasteiger partial charge in [-0.05, 0) is 74.1 Å². The van der Waals surface area contributed by atoms with Crippen LogP contribution < -0.4 is 14.5 Å². The standard InChI is InChI=1S/C24H33N3O3S/c1-3-20-9-13-23(14-10-20)27(31(2,29)30)19-7-8-24(28)25-21-11-15-22(16-12-21)26-17-5-4-6-18-26/h9-16H,3-8,17-19H2,1-2H3,(H,25,28). The largest absolute Gasteiger partial charge is 0.372 e. The Morgan fingerprint density at radius 2 is 1.65 bits per heavy atom. The van der Waals surface area contributed by atoms with Gasteiger partial charge in [0.25, 0.3) is 0 Å². The normalized spacial score (nSPS) is 14.3. The fourth-order valence-corrected chi connectivity index (χ4v) is 4.86. The number of carbonyl (C=O) groups is 1. The van der Waals surface area contributed by atoms with Gasteiger partial charge in [-0.1, -0.05) is 19.1 Å². The van der Waals surface area contributed by atoms with E-state index >= 15 is 0 Å². The van der Waals surface area contributed by atoms with E-state index in [-0.39, 0.29) is 18.9 Å². The van der Waals surface area contributed by atoms with Crippen LogP contribution in [0.5, 0.6) is 0 Å². The van der Waals surface area contributed by atoms with Crippen molar-refractivity contribution in [1.29, 1.82) is 0 Å². The Balaban J connectivity index is 1.51. The summed E-state index contributed by atoms with van der Waals surface area (Å²) in [7, 11) is -3.41. The number of benzene rings is 2. The molecule has 0 aromatic heterocycles. The van der Waals surface area contributed by atoms with E-state index in [1.165, 1.54) is 35.5 Å². The summed E-state index contributed by atoms with van der Waals surface area (Å²) in [6, 6.07) is 15.5. The van der Waals surface area contributed by atoms with Gasteiger partial charge in [0.15, 0.2) is 0 Å². The van der Waals surface area contributed by atoms with E-state index < -0.39 is 10.0 Å². The number of carbonyl (C=O) groups excluding carboxylic acids is 1. The van der Waals surface area contributed by atoms with Crippen LogP contribution in [0.15, 0.2) is 48.5 Å². The molecule has 31 heavy (non-hydrogen) atoms. The molecule has 2 aromatic rings. The lowest BCUT2D eigenvalue weighted by atomic mass is 10.1. The molecule has 1 heterocycles. The molecule has 1 fully saturated rings. The zero-order valence-electron chi connectivity index (χ0n) is 18.5. The van der Waals surface area contributed by atoms with E-state index in [1.807, 2.05) is 48.5 Å². The molecule has 0 saturated carbocycles. The first kappa shape index (κ1) is 23.1. The summed E-state index contributed by atoms with van der Waals surface area (Å²) >= 11 is 0. The van der Waals surface area contributed by atoms with Crippen LogP contribution in [0.2, 0.25) is 0 Å². The van der Waals surface area contributed by atoms with Crippen LogP contribution in [-0.2, 0) is 21.2 Å². The van der Waals surface area contributed by atoms with Crippen LogP contribution in [-0.4, -0.2) is 40.2 Å². The van der Waals surface area contributed by atoms with Gasteiger partial charge in [0, 0.05) is 37.4 Å². The zero-order valence-corrected chi connectivity index (χ0v) is 19.3. The summed E-state index contributed by atoms with van der Waals surface area (Å²) in [5.74, 6) is -0.111. The molecule has 6 nitrogen and oxygen atoms in total. The van der Waals surface area contributed by atoms with Crippen molar-refractivity contribution in [3.8, 4) is 0 Å². The Morgan fingerprint density at radius 3 is 2.23 bits per heavy atom. The number of piperidine rings is 1. The van der Waals surface area contributed by atoms with E-state index in [1.54, 1.807) is 0 Å². The minimum atomic E-state index is -3.41. The summed E-state index contributed by atoms with van der Waals surface area (Å²) in [4.78, 5) is 14.7. The topological polar surface area (TPSA) is 69.7 Å². The van der Waals surface area contributed by atoms with Crippen LogP contribution in [0.3, 0.4) is 0 Å². The Morgan fingerprint density at radius 1 is 1.00 bits per heavy atom. The lowest BCUT2D eigenvalue weighted by Gasteiger charge is -2.28. The van der Waals surface area contributed by atoms with Crippen LogP contribution in [0.1, 0.15) is 44.6 Å². The Hall–Kier alpha value is -2.54. The fraction of sp³-hybridized carbons (Fsp3) is 0.458. The van der Waals surface area contributed by atoms with Crippen molar-refractivity contribution in [3.63, 3.8) is 0 Å². The maximum Gasteiger partial charge on any atom is 0.232 e. The van der Waals surface area contributed by atoms with Crippen molar-refractivity contribution < 1.29 is 13.2 Å². The third kappa shape index (κ3) is 6.72. The van der Waals surface area contributed by atoms with Crippen molar-refractivity contribution in [2.75, 3.05) is 40.4 Å². The number of sulfonamides is 1. The highest BCUT2D eigenvalue weighted by atomic mass is 32.2. The molecular weight excluding hydrogens is 410 g/mol. The van der Waals surface area contributed by atoms with E-state index in [9.17, 15) is 13.2 Å². The van der Waals surface area contributed by atoms with Gasteiger partial charge in [0.05, 0.1) is 11.9 Å². The van der Waals surface area contributed by atoms with Crippen molar-refractivity contribution in [1.82, 2.24) is 0 Å². The predicted molar refractivity (Wildman–Crippen MR) is 128 cm³/mol. The summed E-state index contributed by atoms with van der Waals surface area (Å²) in [6.45, 7) is 4.50. The number of hydrogen-bond acceptors (Lipinski definition) is 4. The van der Waals surface area contributed by atoms with Gasteiger partial charge in [0.2, 0.25) is 15.9 Å². The Labute approximate surface area is 186 Å². The maximum absolute atomic E-state index is 12.4. The molecule has 0 unspecified atom stereocenters. The van der Waals surface area contributed by atoms with Crippen LogP contribution in [0.4, 0.5) is 17.1 Å². The highest BCUT2D eigenvalue weighted by Gasteiger charge is 2.17. The minimum absolute atomic E-state index is 0.111. The molecule has 1 N–H and O–H groups in total. The fourth-order valence-electron chi connectivity index (χ4n) is 3.90. The van der Waals surface area contributed by atoms with Crippen LogP contribution in [0.25, 0.3) is 0 Å². The van der Waals surface area contributed by atoms with Gasteiger partial charge in [-0.2, -0.15) is 0 Å². The minimum Gasteiger partial charge on any atom is -0.372 e. The average Bonchev–Trinajstić information content (AvgIpc) is 2.77. The first-order valence-electron chi connectivity index (χ1n) is 11.1. The smallest absolute Gasteiger partial charge is 0.232 e. The molecule has 7 heteroatoms. The number of anilines is 3. The summed E-state index contributed by atoms with van der Waals surface area (Å²) in [5.41, 5.74) is 3.74. The molecule has 1 amide bonds. The summed E-state index contributed by atoms with van der Waals surface area (Å²) < 4.78 is 25.8. The number of aryl methyl sites for hydroxylation is 1. The lowest BCUT2D eigenvalue weighted by molar-refractivity contribution is -0.116. The number of nitrogens with zero attached hydrogens (tertiary/aromatic N) is 2. The summed E-state index contributed by atoms with van der Waals surface area (Å²) in [6.07, 6.45) is 6.55. The van der Waals surface area contributed by atoms with Crippen LogP contribution >= 0.6 is 0 Å². The first-order chi connectivity index (χ1) is 14.9. The zero-order chi connectivity index (χ0) is 22.3. The van der Waals surface area contributed by atoms with Gasteiger partial charge >= 0.3 is 0 Å². The quantitative estimate of drug-likeness (QED) is 0.623. The molecule has 1 aliphatic rings. The Bertz CT molecular complexity index is 951. The molecule has 0 bridgehead atoms. The van der Waals surface area contributed by atoms with E-state index in [4.69, 9.17) is 0 Å². The van der Waals surface area contributed by atoms with Gasteiger partial charge in [-0.3, -0.25) is 9.10 Å². The number of rotatable bonds is 9. The van der Waals surface area contributed by atoms with Gasteiger partial charge in [-0.25, -0.2) is 8.42 Å². The van der Waals surface area contributed by atoms with E-state index in [0.717, 1.165) is 30.8 Å². The predicted octanol–water partition coefficient (Wildman–Crippen LogP) is 4.42. The second kappa shape index (κ2) is 10.7. The monoisotopic (exact) mass is 443 g/mol. The molecule has 1 aliphatic heterocycles. The maximum atomic E-state index is 12.4. The van der Waals surface area contributed by atoms with E-state index in [0.29, 0.717) is 12.1 Å². The third-order valence-corrected chi connectivity index (χ3v) is 6.86. The molecule has 0 atom stereocenters. The number of amides is 1. The molecule has 168 valence electrons. The molecule has 0 aliphatic carbocycles. The molecule has 3 rings (SSSR count). The number of nitrogens with one attached hydrogen (secondary N) is 1. The second-order valence-electron chi connectivity index (χ2n) is 8.10. The van der Waals surface area contributed by atoms with Crippen molar-refractivity contribution in [3.05, 3.63) is 54.1 Å². The summed E-state index contributed by atoms with van der Waals surface area (Å²) in [5, 5.41) is 2.91. The first-order valence-corrected chi connectivity index (χ1v) is 12.9. The second-order valence-corrected chi connectivity index (χ2v) is 10.0.